The van der Waals surface area contributed by atoms with Crippen LogP contribution in [0.2, 0.25) is 0 Å². The van der Waals surface area contributed by atoms with Gasteiger partial charge in [0.15, 0.2) is 0 Å². The number of halogens is 1. The molecule has 3 aromatic rings. The first-order valence-electron chi connectivity index (χ1n) is 9.38. The number of nitrogens with zero attached hydrogens (tertiary/aromatic N) is 2. The van der Waals surface area contributed by atoms with Gasteiger partial charge >= 0.3 is 0 Å². The van der Waals surface area contributed by atoms with Crippen molar-refractivity contribution >= 4 is 5.91 Å². The van der Waals surface area contributed by atoms with Crippen molar-refractivity contribution in [3.63, 3.8) is 0 Å². The van der Waals surface area contributed by atoms with E-state index in [0.29, 0.717) is 37.2 Å². The minimum atomic E-state index is -0.998. The SMILES string of the molecule is CC(N)(Cc1ccccc1)C(=O)N1CCc2[nH]nc(-c3cccc(F)c3)c2C1. The van der Waals surface area contributed by atoms with Crippen molar-refractivity contribution in [1.82, 2.24) is 15.1 Å². The molecule has 0 saturated heterocycles. The topological polar surface area (TPSA) is 75.0 Å². The lowest BCUT2D eigenvalue weighted by molar-refractivity contribution is -0.137. The van der Waals surface area contributed by atoms with E-state index in [4.69, 9.17) is 5.73 Å². The van der Waals surface area contributed by atoms with Gasteiger partial charge in [-0.3, -0.25) is 9.89 Å². The first-order chi connectivity index (χ1) is 13.4. The number of benzene rings is 2. The van der Waals surface area contributed by atoms with Crippen molar-refractivity contribution in [3.05, 3.63) is 77.2 Å². The predicted molar refractivity (Wildman–Crippen MR) is 106 cm³/mol. The number of fused-ring (bicyclic) bond motifs is 1. The van der Waals surface area contributed by atoms with Crippen LogP contribution >= 0.6 is 0 Å². The zero-order chi connectivity index (χ0) is 19.7. The highest BCUT2D eigenvalue weighted by molar-refractivity contribution is 5.86. The van der Waals surface area contributed by atoms with E-state index in [0.717, 1.165) is 16.8 Å². The number of amides is 1. The molecule has 0 radical (unpaired) electrons. The molecule has 0 fully saturated rings. The van der Waals surface area contributed by atoms with Crippen molar-refractivity contribution in [2.24, 2.45) is 5.73 Å². The predicted octanol–water partition coefficient (Wildman–Crippen LogP) is 3.06. The third-order valence-corrected chi connectivity index (χ3v) is 5.22. The second-order valence-corrected chi connectivity index (χ2v) is 7.60. The van der Waals surface area contributed by atoms with Crippen LogP contribution in [-0.4, -0.2) is 33.1 Å². The number of rotatable bonds is 4. The van der Waals surface area contributed by atoms with Crippen LogP contribution < -0.4 is 5.73 Å². The van der Waals surface area contributed by atoms with Gasteiger partial charge in [0.25, 0.3) is 0 Å². The molecule has 6 heteroatoms. The third kappa shape index (κ3) is 3.55. The molecule has 1 aliphatic heterocycles. The number of carbonyl (C=O) groups is 1. The van der Waals surface area contributed by atoms with E-state index < -0.39 is 5.54 Å². The summed E-state index contributed by atoms with van der Waals surface area (Å²) in [6.45, 7) is 2.77. The molecule has 0 aliphatic carbocycles. The summed E-state index contributed by atoms with van der Waals surface area (Å²) in [5.41, 5.74) is 9.77. The van der Waals surface area contributed by atoms with Crippen LogP contribution in [0.25, 0.3) is 11.3 Å². The van der Waals surface area contributed by atoms with Gasteiger partial charge in [-0.15, -0.1) is 0 Å². The van der Waals surface area contributed by atoms with E-state index in [1.54, 1.807) is 17.9 Å². The zero-order valence-electron chi connectivity index (χ0n) is 15.8. The fraction of sp³-hybridized carbons (Fsp3) is 0.273. The van der Waals surface area contributed by atoms with Crippen molar-refractivity contribution in [1.29, 1.82) is 0 Å². The Morgan fingerprint density at radius 1 is 1.25 bits per heavy atom. The van der Waals surface area contributed by atoms with Crippen molar-refractivity contribution in [2.45, 2.75) is 31.8 Å². The lowest BCUT2D eigenvalue weighted by Crippen LogP contribution is -2.55. The van der Waals surface area contributed by atoms with Gasteiger partial charge in [-0.05, 0) is 31.0 Å². The number of nitrogens with two attached hydrogens (primary N) is 1. The summed E-state index contributed by atoms with van der Waals surface area (Å²) in [4.78, 5) is 14.9. The molecule has 2 heterocycles. The van der Waals surface area contributed by atoms with Crippen LogP contribution in [0.3, 0.4) is 0 Å². The van der Waals surface area contributed by atoms with Crippen LogP contribution in [0.15, 0.2) is 54.6 Å². The molecule has 1 unspecified atom stereocenters. The Morgan fingerprint density at radius 3 is 2.79 bits per heavy atom. The standard InChI is InChI=1S/C22H23FN4O/c1-22(24,13-15-6-3-2-4-7-15)21(28)27-11-10-19-18(14-27)20(26-25-19)16-8-5-9-17(23)12-16/h2-9,12H,10-11,13-14,24H2,1H3,(H,25,26). The van der Waals surface area contributed by atoms with E-state index in [2.05, 4.69) is 10.2 Å². The number of hydrogen-bond donors (Lipinski definition) is 2. The van der Waals surface area contributed by atoms with Gasteiger partial charge in [0.2, 0.25) is 5.91 Å². The summed E-state index contributed by atoms with van der Waals surface area (Å²) < 4.78 is 13.6. The highest BCUT2D eigenvalue weighted by Crippen LogP contribution is 2.29. The van der Waals surface area contributed by atoms with Gasteiger partial charge in [0.1, 0.15) is 5.82 Å². The molecule has 5 nitrogen and oxygen atoms in total. The molecule has 1 aliphatic rings. The van der Waals surface area contributed by atoms with Crippen LogP contribution in [0, 0.1) is 5.82 Å². The number of aromatic nitrogens is 2. The molecular formula is C22H23FN4O. The fourth-order valence-corrected chi connectivity index (χ4v) is 3.80. The summed E-state index contributed by atoms with van der Waals surface area (Å²) in [5.74, 6) is -0.399. The average Bonchev–Trinajstić information content (AvgIpc) is 3.11. The minimum absolute atomic E-state index is 0.0894. The molecule has 0 spiro atoms. The minimum Gasteiger partial charge on any atom is -0.336 e. The van der Waals surface area contributed by atoms with Crippen LogP contribution in [0.1, 0.15) is 23.7 Å². The Hall–Kier alpha value is -2.99. The molecule has 4 rings (SSSR count). The summed E-state index contributed by atoms with van der Waals surface area (Å²) >= 11 is 0. The molecule has 0 bridgehead atoms. The molecule has 28 heavy (non-hydrogen) atoms. The summed E-state index contributed by atoms with van der Waals surface area (Å²) in [7, 11) is 0. The van der Waals surface area contributed by atoms with Gasteiger partial charge in [-0.25, -0.2) is 4.39 Å². The van der Waals surface area contributed by atoms with Crippen molar-refractivity contribution < 1.29 is 9.18 Å². The molecule has 144 valence electrons. The van der Waals surface area contributed by atoms with E-state index in [-0.39, 0.29) is 11.7 Å². The fourth-order valence-electron chi connectivity index (χ4n) is 3.80. The number of hydrogen-bond acceptors (Lipinski definition) is 3. The van der Waals surface area contributed by atoms with Crippen LogP contribution in [-0.2, 0) is 24.2 Å². The van der Waals surface area contributed by atoms with Gasteiger partial charge in [0.05, 0.1) is 11.2 Å². The lowest BCUT2D eigenvalue weighted by atomic mass is 9.91. The maximum atomic E-state index is 13.6. The highest BCUT2D eigenvalue weighted by Gasteiger charge is 2.35. The van der Waals surface area contributed by atoms with E-state index in [1.807, 2.05) is 36.4 Å². The molecule has 0 saturated carbocycles. The van der Waals surface area contributed by atoms with E-state index >= 15 is 0 Å². The summed E-state index contributed by atoms with van der Waals surface area (Å²) in [6.07, 6.45) is 1.14. The van der Waals surface area contributed by atoms with Gasteiger partial charge in [0, 0.05) is 36.3 Å². The normalized spacial score (nSPS) is 15.8. The maximum Gasteiger partial charge on any atom is 0.243 e. The average molecular weight is 378 g/mol. The van der Waals surface area contributed by atoms with Crippen LogP contribution in [0.5, 0.6) is 0 Å². The number of H-pyrrole nitrogens is 1. The molecule has 3 N–H and O–H groups in total. The second kappa shape index (κ2) is 7.20. The van der Waals surface area contributed by atoms with Gasteiger partial charge < -0.3 is 10.6 Å². The van der Waals surface area contributed by atoms with Gasteiger partial charge in [-0.2, -0.15) is 5.10 Å². The lowest BCUT2D eigenvalue weighted by Gasteiger charge is -2.34. The third-order valence-electron chi connectivity index (χ3n) is 5.22. The maximum absolute atomic E-state index is 13.6. The molecule has 1 amide bonds. The monoisotopic (exact) mass is 378 g/mol. The Kier molecular flexibility index (Phi) is 4.73. The first kappa shape index (κ1) is 18.4. The van der Waals surface area contributed by atoms with Crippen molar-refractivity contribution in [3.8, 4) is 11.3 Å². The number of nitrogens with one attached hydrogen (secondary N) is 1. The Bertz CT molecular complexity index is 997. The Labute approximate surface area is 163 Å². The summed E-state index contributed by atoms with van der Waals surface area (Å²) in [5, 5.41) is 7.41. The second-order valence-electron chi connectivity index (χ2n) is 7.60. The molecular weight excluding hydrogens is 355 g/mol. The summed E-state index contributed by atoms with van der Waals surface area (Å²) in [6, 6.07) is 16.1. The van der Waals surface area contributed by atoms with E-state index in [9.17, 15) is 9.18 Å². The van der Waals surface area contributed by atoms with E-state index in [1.165, 1.54) is 12.1 Å². The van der Waals surface area contributed by atoms with Crippen LogP contribution in [0.4, 0.5) is 4.39 Å². The number of carbonyl (C=O) groups excluding carboxylic acids is 1. The highest BCUT2D eigenvalue weighted by atomic mass is 19.1. The van der Waals surface area contributed by atoms with Crippen molar-refractivity contribution in [2.75, 3.05) is 6.54 Å². The molecule has 1 aromatic heterocycles. The van der Waals surface area contributed by atoms with Gasteiger partial charge in [-0.1, -0.05) is 42.5 Å². The first-order valence-corrected chi connectivity index (χ1v) is 9.38. The largest absolute Gasteiger partial charge is 0.336 e. The molecule has 2 aromatic carbocycles. The number of aromatic amines is 1. The Morgan fingerprint density at radius 2 is 2.04 bits per heavy atom. The quantitative estimate of drug-likeness (QED) is 0.733. The smallest absolute Gasteiger partial charge is 0.243 e. The zero-order valence-corrected chi connectivity index (χ0v) is 15.8. The molecule has 1 atom stereocenters. The Balaban J connectivity index is 1.56.